The second kappa shape index (κ2) is 7.83. The Morgan fingerprint density at radius 1 is 1.03 bits per heavy atom. The van der Waals surface area contributed by atoms with Crippen LogP contribution in [0, 0.1) is 0 Å². The first-order chi connectivity index (χ1) is 14.1. The minimum Gasteiger partial charge on any atom is -0.493 e. The summed E-state index contributed by atoms with van der Waals surface area (Å²) >= 11 is 0. The zero-order valence-electron chi connectivity index (χ0n) is 16.8. The predicted molar refractivity (Wildman–Crippen MR) is 111 cm³/mol. The molecule has 0 spiro atoms. The minimum atomic E-state index is 0.255. The zero-order chi connectivity index (χ0) is 20.4. The van der Waals surface area contributed by atoms with Crippen LogP contribution >= 0.6 is 0 Å². The number of para-hydroxylation sites is 1. The maximum atomic E-state index is 5.41. The highest BCUT2D eigenvalue weighted by Crippen LogP contribution is 2.41. The van der Waals surface area contributed by atoms with Crippen LogP contribution in [0.4, 0.5) is 23.1 Å². The van der Waals surface area contributed by atoms with Crippen LogP contribution in [0.25, 0.3) is 0 Å². The highest BCUT2D eigenvalue weighted by atomic mass is 16.5. The van der Waals surface area contributed by atoms with Gasteiger partial charge in [0.15, 0.2) is 17.3 Å². The molecule has 1 atom stereocenters. The average molecular weight is 393 g/mol. The van der Waals surface area contributed by atoms with Crippen LogP contribution in [0.1, 0.15) is 12.5 Å². The van der Waals surface area contributed by atoms with Gasteiger partial charge in [-0.05, 0) is 25.0 Å². The van der Waals surface area contributed by atoms with Crippen LogP contribution in [-0.4, -0.2) is 42.6 Å². The molecule has 29 heavy (non-hydrogen) atoms. The van der Waals surface area contributed by atoms with Gasteiger partial charge in [-0.1, -0.05) is 18.2 Å². The highest BCUT2D eigenvalue weighted by Gasteiger charge is 2.29. The lowest BCUT2D eigenvalue weighted by Crippen LogP contribution is -2.26. The quantitative estimate of drug-likeness (QED) is 0.679. The second-order valence-electron chi connectivity index (χ2n) is 6.73. The fourth-order valence-electron chi connectivity index (χ4n) is 3.63. The number of aromatic nitrogens is 3. The van der Waals surface area contributed by atoms with Crippen LogP contribution in [0.15, 0.2) is 42.6 Å². The number of ether oxygens (including phenoxy) is 3. The molecule has 1 unspecified atom stereocenters. The van der Waals surface area contributed by atoms with Gasteiger partial charge in [0.05, 0.1) is 27.5 Å². The Hall–Kier alpha value is -3.55. The molecule has 1 aliphatic heterocycles. The van der Waals surface area contributed by atoms with Gasteiger partial charge >= 0.3 is 0 Å². The van der Waals surface area contributed by atoms with E-state index in [2.05, 4.69) is 50.5 Å². The summed E-state index contributed by atoms with van der Waals surface area (Å²) < 4.78 is 16.2. The van der Waals surface area contributed by atoms with Crippen molar-refractivity contribution < 1.29 is 14.2 Å². The first-order valence-electron chi connectivity index (χ1n) is 9.28. The molecule has 0 fully saturated rings. The number of hydrogen-bond acceptors (Lipinski definition) is 8. The summed E-state index contributed by atoms with van der Waals surface area (Å²) in [7, 11) is 4.73. The summed E-state index contributed by atoms with van der Waals surface area (Å²) in [5.41, 5.74) is 3.14. The summed E-state index contributed by atoms with van der Waals surface area (Å²) in [6, 6.07) is 12.2. The molecular formula is C21H23N5O3. The van der Waals surface area contributed by atoms with Crippen LogP contribution in [0.5, 0.6) is 17.2 Å². The standard InChI is InChI=1S/C21H23N5O3/c1-13-9-14-7-5-6-8-16(14)26(13)21-24-19(12-22-25-21)23-15-10-17(27-2)20(29-4)18(11-15)28-3/h5-8,10-13H,9H2,1-4H3,(H,23,24,25). The van der Waals surface area contributed by atoms with Gasteiger partial charge < -0.3 is 24.4 Å². The monoisotopic (exact) mass is 393 g/mol. The molecule has 2 aromatic carbocycles. The SMILES string of the molecule is COc1cc(Nc2cnnc(N3c4ccccc4CC3C)n2)cc(OC)c1OC. The summed E-state index contributed by atoms with van der Waals surface area (Å²) in [4.78, 5) is 6.80. The molecule has 0 radical (unpaired) electrons. The first-order valence-corrected chi connectivity index (χ1v) is 9.28. The van der Waals surface area contributed by atoms with Crippen molar-refractivity contribution >= 4 is 23.1 Å². The summed E-state index contributed by atoms with van der Waals surface area (Å²) in [6.45, 7) is 2.16. The fraction of sp³-hybridized carbons (Fsp3) is 0.286. The summed E-state index contributed by atoms with van der Waals surface area (Å²) in [6.07, 6.45) is 2.53. The van der Waals surface area contributed by atoms with Crippen LogP contribution in [-0.2, 0) is 6.42 Å². The number of nitrogens with zero attached hydrogens (tertiary/aromatic N) is 4. The molecule has 4 rings (SSSR count). The van der Waals surface area contributed by atoms with Crippen LogP contribution < -0.4 is 24.4 Å². The molecule has 0 aliphatic carbocycles. The van der Waals surface area contributed by atoms with Gasteiger partial charge in [0.2, 0.25) is 5.75 Å². The van der Waals surface area contributed by atoms with Gasteiger partial charge in [-0.3, -0.25) is 0 Å². The Kier molecular flexibility index (Phi) is 5.07. The van der Waals surface area contributed by atoms with Gasteiger partial charge in [0, 0.05) is 29.5 Å². The molecule has 2 heterocycles. The maximum absolute atomic E-state index is 5.41. The van der Waals surface area contributed by atoms with Gasteiger partial charge in [-0.2, -0.15) is 10.1 Å². The summed E-state index contributed by atoms with van der Waals surface area (Å²) in [5, 5.41) is 11.7. The first kappa shape index (κ1) is 18.8. The Balaban J connectivity index is 1.66. The molecule has 0 amide bonds. The normalized spacial score (nSPS) is 15.0. The molecule has 8 heteroatoms. The molecule has 0 saturated heterocycles. The van der Waals surface area contributed by atoms with Gasteiger partial charge in [0.1, 0.15) is 0 Å². The summed E-state index contributed by atoms with van der Waals surface area (Å²) in [5.74, 6) is 2.77. The lowest BCUT2D eigenvalue weighted by molar-refractivity contribution is 0.324. The molecule has 1 aromatic heterocycles. The third-order valence-corrected chi connectivity index (χ3v) is 4.91. The van der Waals surface area contributed by atoms with Crippen molar-refractivity contribution in [1.29, 1.82) is 0 Å². The lowest BCUT2D eigenvalue weighted by Gasteiger charge is -2.22. The van der Waals surface area contributed by atoms with Crippen molar-refractivity contribution in [3.05, 3.63) is 48.2 Å². The number of anilines is 4. The van der Waals surface area contributed by atoms with E-state index in [9.17, 15) is 0 Å². The van der Waals surface area contributed by atoms with E-state index in [1.54, 1.807) is 27.5 Å². The van der Waals surface area contributed by atoms with E-state index in [0.29, 0.717) is 29.0 Å². The second-order valence-corrected chi connectivity index (χ2v) is 6.73. The van der Waals surface area contributed by atoms with Crippen molar-refractivity contribution in [1.82, 2.24) is 15.2 Å². The molecule has 0 bridgehead atoms. The van der Waals surface area contributed by atoms with Crippen LogP contribution in [0.3, 0.4) is 0 Å². The fourth-order valence-corrected chi connectivity index (χ4v) is 3.63. The molecule has 1 aliphatic rings. The predicted octanol–water partition coefficient (Wildman–Crippen LogP) is 3.72. The third-order valence-electron chi connectivity index (χ3n) is 4.91. The largest absolute Gasteiger partial charge is 0.493 e. The molecule has 3 aromatic rings. The lowest BCUT2D eigenvalue weighted by atomic mass is 10.1. The number of hydrogen-bond donors (Lipinski definition) is 1. The van der Waals surface area contributed by atoms with E-state index >= 15 is 0 Å². The Labute approximate surface area is 169 Å². The number of methoxy groups -OCH3 is 3. The van der Waals surface area contributed by atoms with E-state index in [0.717, 1.165) is 17.8 Å². The number of fused-ring (bicyclic) bond motifs is 1. The molecular weight excluding hydrogens is 370 g/mol. The van der Waals surface area contributed by atoms with Gasteiger partial charge in [0.25, 0.3) is 5.95 Å². The Bertz CT molecular complexity index is 1000. The molecule has 8 nitrogen and oxygen atoms in total. The number of rotatable bonds is 6. The highest BCUT2D eigenvalue weighted by molar-refractivity contribution is 5.69. The average Bonchev–Trinajstić information content (AvgIpc) is 3.08. The van der Waals surface area contributed by atoms with E-state index in [-0.39, 0.29) is 6.04 Å². The minimum absolute atomic E-state index is 0.255. The van der Waals surface area contributed by atoms with Crippen molar-refractivity contribution in [2.24, 2.45) is 0 Å². The maximum Gasteiger partial charge on any atom is 0.252 e. The molecule has 1 N–H and O–H groups in total. The van der Waals surface area contributed by atoms with Gasteiger partial charge in [-0.15, -0.1) is 5.10 Å². The van der Waals surface area contributed by atoms with Crippen LogP contribution in [0.2, 0.25) is 0 Å². The number of benzene rings is 2. The van der Waals surface area contributed by atoms with E-state index in [4.69, 9.17) is 14.2 Å². The van der Waals surface area contributed by atoms with E-state index in [1.807, 2.05) is 18.2 Å². The third kappa shape index (κ3) is 3.49. The molecule has 0 saturated carbocycles. The van der Waals surface area contributed by atoms with Crippen molar-refractivity contribution in [3.63, 3.8) is 0 Å². The van der Waals surface area contributed by atoms with Crippen molar-refractivity contribution in [2.75, 3.05) is 31.5 Å². The van der Waals surface area contributed by atoms with Gasteiger partial charge in [-0.25, -0.2) is 0 Å². The van der Waals surface area contributed by atoms with E-state index < -0.39 is 0 Å². The molecule has 150 valence electrons. The number of nitrogens with one attached hydrogen (secondary N) is 1. The van der Waals surface area contributed by atoms with Crippen molar-refractivity contribution in [2.45, 2.75) is 19.4 Å². The topological polar surface area (TPSA) is 81.6 Å². The zero-order valence-corrected chi connectivity index (χ0v) is 16.8. The van der Waals surface area contributed by atoms with E-state index in [1.165, 1.54) is 5.56 Å². The van der Waals surface area contributed by atoms with Crippen molar-refractivity contribution in [3.8, 4) is 17.2 Å². The Morgan fingerprint density at radius 3 is 2.45 bits per heavy atom. The Morgan fingerprint density at radius 2 is 1.76 bits per heavy atom. The smallest absolute Gasteiger partial charge is 0.252 e.